The Balaban J connectivity index is 2.19. The summed E-state index contributed by atoms with van der Waals surface area (Å²) in [4.78, 5) is 12.6. The summed E-state index contributed by atoms with van der Waals surface area (Å²) in [5, 5.41) is 1.74. The van der Waals surface area contributed by atoms with Crippen molar-refractivity contribution in [3.05, 3.63) is 48.0 Å². The van der Waals surface area contributed by atoms with Gasteiger partial charge in [0.1, 0.15) is 5.75 Å². The molecule has 0 aliphatic heterocycles. The number of unbranched alkanes of at least 4 members (excludes halogenated alkanes) is 1. The van der Waals surface area contributed by atoms with Crippen LogP contribution < -0.4 is 4.74 Å². The Morgan fingerprint density at radius 3 is 1.93 bits per heavy atom. The molecule has 0 aliphatic carbocycles. The molecule has 0 aliphatic rings. The number of hydrogen-bond donors (Lipinski definition) is 0. The number of ether oxygens (including phenoxy) is 1. The molecule has 0 bridgehead atoms. The van der Waals surface area contributed by atoms with Crippen LogP contribution in [0.5, 0.6) is 5.75 Å². The minimum atomic E-state index is -1.92. The molecule has 3 aromatic rings. The summed E-state index contributed by atoms with van der Waals surface area (Å²) in [7, 11) is 0. The van der Waals surface area contributed by atoms with Gasteiger partial charge in [-0.25, -0.2) is 15.0 Å². The van der Waals surface area contributed by atoms with E-state index in [4.69, 9.17) is 74.3 Å². The quantitative estimate of drug-likeness (QED) is 0.261. The van der Waals surface area contributed by atoms with Crippen molar-refractivity contribution >= 4 is 80.4 Å². The number of aromatic nitrogens is 3. The maximum absolute atomic E-state index is 5.98. The first kappa shape index (κ1) is 22.9. The Labute approximate surface area is 198 Å². The molecule has 0 amide bonds. The van der Waals surface area contributed by atoms with Crippen LogP contribution >= 0.6 is 69.6 Å². The molecule has 0 unspecified atom stereocenters. The molecule has 0 saturated carbocycles. The SMILES string of the molecule is CCCCOc1ccc(-c2nc(C(Cl)(Cl)Cl)nc(C(Cl)(Cl)Cl)n2)c2ccccc12. The van der Waals surface area contributed by atoms with Gasteiger partial charge >= 0.3 is 0 Å². The second-order valence-electron chi connectivity index (χ2n) is 6.16. The van der Waals surface area contributed by atoms with Crippen LogP contribution in [0.1, 0.15) is 31.4 Å². The molecule has 0 atom stereocenters. The maximum Gasteiger partial charge on any atom is 0.250 e. The minimum Gasteiger partial charge on any atom is -0.493 e. The monoisotopic (exact) mass is 511 g/mol. The fourth-order valence-electron chi connectivity index (χ4n) is 2.67. The normalized spacial score (nSPS) is 12.4. The van der Waals surface area contributed by atoms with Gasteiger partial charge in [0.25, 0.3) is 0 Å². The van der Waals surface area contributed by atoms with Crippen molar-refractivity contribution in [3.8, 4) is 17.1 Å². The molecule has 0 spiro atoms. The molecule has 1 heterocycles. The van der Waals surface area contributed by atoms with E-state index >= 15 is 0 Å². The Morgan fingerprint density at radius 2 is 1.38 bits per heavy atom. The standard InChI is InChI=1S/C19H15Cl6N3O/c1-2-3-10-29-14-9-8-13(11-6-4-5-7-12(11)14)15-26-16(18(20,21)22)28-17(27-15)19(23,24)25/h4-9H,2-3,10H2,1H3. The molecule has 154 valence electrons. The van der Waals surface area contributed by atoms with Gasteiger partial charge in [-0.1, -0.05) is 107 Å². The average molecular weight is 514 g/mol. The van der Waals surface area contributed by atoms with Crippen molar-refractivity contribution in [1.82, 2.24) is 15.0 Å². The summed E-state index contributed by atoms with van der Waals surface area (Å²) in [6, 6.07) is 11.4. The molecule has 4 nitrogen and oxygen atoms in total. The fourth-order valence-corrected chi connectivity index (χ4v) is 3.18. The third kappa shape index (κ3) is 5.49. The van der Waals surface area contributed by atoms with Gasteiger partial charge in [0.2, 0.25) is 7.59 Å². The first-order valence-corrected chi connectivity index (χ1v) is 10.9. The number of fused-ring (bicyclic) bond motifs is 1. The number of nitrogens with zero attached hydrogens (tertiary/aromatic N) is 3. The van der Waals surface area contributed by atoms with Crippen molar-refractivity contribution in [2.24, 2.45) is 0 Å². The molecular weight excluding hydrogens is 499 g/mol. The topological polar surface area (TPSA) is 47.9 Å². The summed E-state index contributed by atoms with van der Waals surface area (Å²) >= 11 is 35.9. The predicted octanol–water partition coefficient (Wildman–Crippen LogP) is 7.52. The molecule has 1 aromatic heterocycles. The predicted molar refractivity (Wildman–Crippen MR) is 122 cm³/mol. The lowest BCUT2D eigenvalue weighted by Gasteiger charge is -2.17. The Bertz CT molecular complexity index is 985. The molecule has 3 rings (SSSR count). The van der Waals surface area contributed by atoms with E-state index in [0.29, 0.717) is 12.2 Å². The van der Waals surface area contributed by atoms with Crippen LogP contribution in [0.15, 0.2) is 36.4 Å². The van der Waals surface area contributed by atoms with Gasteiger partial charge < -0.3 is 4.74 Å². The van der Waals surface area contributed by atoms with E-state index in [1.54, 1.807) is 0 Å². The second-order valence-corrected chi connectivity index (χ2v) is 10.7. The lowest BCUT2D eigenvalue weighted by Crippen LogP contribution is -2.16. The van der Waals surface area contributed by atoms with E-state index in [-0.39, 0.29) is 17.5 Å². The Hall–Kier alpha value is -0.750. The van der Waals surface area contributed by atoms with E-state index in [1.165, 1.54) is 0 Å². The smallest absolute Gasteiger partial charge is 0.250 e. The molecule has 29 heavy (non-hydrogen) atoms. The van der Waals surface area contributed by atoms with E-state index < -0.39 is 7.59 Å². The van der Waals surface area contributed by atoms with Crippen LogP contribution in [0.4, 0.5) is 0 Å². The van der Waals surface area contributed by atoms with Gasteiger partial charge in [0.15, 0.2) is 17.5 Å². The zero-order valence-corrected chi connectivity index (χ0v) is 19.6. The summed E-state index contributed by atoms with van der Waals surface area (Å²) in [6.07, 6.45) is 2.00. The van der Waals surface area contributed by atoms with Crippen molar-refractivity contribution in [1.29, 1.82) is 0 Å². The van der Waals surface area contributed by atoms with Gasteiger partial charge in [-0.15, -0.1) is 0 Å². The lowest BCUT2D eigenvalue weighted by molar-refractivity contribution is 0.313. The number of alkyl halides is 6. The lowest BCUT2D eigenvalue weighted by atomic mass is 10.0. The van der Waals surface area contributed by atoms with Gasteiger partial charge in [0, 0.05) is 10.9 Å². The molecular formula is C19H15Cl6N3O. The molecule has 0 saturated heterocycles. The summed E-state index contributed by atoms with van der Waals surface area (Å²) in [5.41, 5.74) is 0.664. The Kier molecular flexibility index (Phi) is 7.25. The first-order valence-electron chi connectivity index (χ1n) is 8.66. The van der Waals surface area contributed by atoms with Crippen molar-refractivity contribution < 1.29 is 4.74 Å². The molecule has 0 N–H and O–H groups in total. The minimum absolute atomic E-state index is 0.138. The van der Waals surface area contributed by atoms with Crippen LogP contribution in [0.3, 0.4) is 0 Å². The highest BCUT2D eigenvalue weighted by molar-refractivity contribution is 6.67. The highest BCUT2D eigenvalue weighted by Gasteiger charge is 2.34. The Morgan fingerprint density at radius 1 is 0.793 bits per heavy atom. The van der Waals surface area contributed by atoms with Crippen LogP contribution in [0.25, 0.3) is 22.2 Å². The number of rotatable bonds is 5. The van der Waals surface area contributed by atoms with Crippen LogP contribution in [0.2, 0.25) is 0 Å². The van der Waals surface area contributed by atoms with Crippen LogP contribution in [-0.2, 0) is 7.59 Å². The first-order chi connectivity index (χ1) is 13.6. The highest BCUT2D eigenvalue weighted by Crippen LogP contribution is 2.41. The summed E-state index contributed by atoms with van der Waals surface area (Å²) < 4.78 is 2.10. The highest BCUT2D eigenvalue weighted by atomic mass is 35.6. The van der Waals surface area contributed by atoms with Gasteiger partial charge in [-0.2, -0.15) is 0 Å². The van der Waals surface area contributed by atoms with Crippen LogP contribution in [-0.4, -0.2) is 21.6 Å². The summed E-state index contributed by atoms with van der Waals surface area (Å²) in [5.74, 6) is 0.705. The molecule has 2 aromatic carbocycles. The third-order valence-electron chi connectivity index (χ3n) is 4.02. The largest absolute Gasteiger partial charge is 0.493 e. The van der Waals surface area contributed by atoms with E-state index in [2.05, 4.69) is 21.9 Å². The second kappa shape index (κ2) is 9.17. The van der Waals surface area contributed by atoms with Gasteiger partial charge in [-0.3, -0.25) is 0 Å². The number of hydrogen-bond acceptors (Lipinski definition) is 4. The fraction of sp³-hybridized carbons (Fsp3) is 0.316. The third-order valence-corrected chi connectivity index (χ3v) is 5.04. The maximum atomic E-state index is 5.98. The average Bonchev–Trinajstić information content (AvgIpc) is 2.66. The molecule has 10 heteroatoms. The van der Waals surface area contributed by atoms with E-state index in [0.717, 1.165) is 29.4 Å². The molecule has 0 fully saturated rings. The van der Waals surface area contributed by atoms with Gasteiger partial charge in [0.05, 0.1) is 6.61 Å². The van der Waals surface area contributed by atoms with E-state index in [9.17, 15) is 0 Å². The number of benzene rings is 2. The van der Waals surface area contributed by atoms with E-state index in [1.807, 2.05) is 36.4 Å². The zero-order valence-electron chi connectivity index (χ0n) is 15.1. The van der Waals surface area contributed by atoms with Crippen LogP contribution in [0, 0.1) is 0 Å². The van der Waals surface area contributed by atoms with Crippen molar-refractivity contribution in [2.45, 2.75) is 27.4 Å². The summed E-state index contributed by atoms with van der Waals surface area (Å²) in [6.45, 7) is 2.73. The molecule has 0 radical (unpaired) electrons. The number of halogens is 6. The van der Waals surface area contributed by atoms with Crippen molar-refractivity contribution in [3.63, 3.8) is 0 Å². The zero-order chi connectivity index (χ0) is 21.2. The van der Waals surface area contributed by atoms with Crippen molar-refractivity contribution in [2.75, 3.05) is 6.61 Å². The van der Waals surface area contributed by atoms with Gasteiger partial charge in [-0.05, 0) is 23.9 Å².